The van der Waals surface area contributed by atoms with Gasteiger partial charge < -0.3 is 15.5 Å². The molecule has 138 valence electrons. The first-order valence-electron chi connectivity index (χ1n) is 8.93. The van der Waals surface area contributed by atoms with Crippen molar-refractivity contribution in [2.75, 3.05) is 5.32 Å². The summed E-state index contributed by atoms with van der Waals surface area (Å²) in [6, 6.07) is 9.91. The van der Waals surface area contributed by atoms with Gasteiger partial charge in [0, 0.05) is 23.4 Å². The minimum Gasteiger partial charge on any atom is -0.494 e. The fourth-order valence-electron chi connectivity index (χ4n) is 3.01. The molecular weight excluding hydrogens is 345 g/mol. The number of aryl methyl sites for hydroxylation is 1. The number of allylic oxidation sites excluding steroid dienone is 1. The molecule has 0 saturated heterocycles. The summed E-state index contributed by atoms with van der Waals surface area (Å²) in [5.74, 6) is 0.231. The number of imidazole rings is 1. The predicted octanol–water partition coefficient (Wildman–Crippen LogP) is 4.34. The molecule has 1 saturated carbocycles. The number of benzene rings is 1. The number of nitrogens with one attached hydrogen (secondary N) is 3. The second-order valence-electron chi connectivity index (χ2n) is 6.72. The first kappa shape index (κ1) is 17.2. The molecule has 0 bridgehead atoms. The van der Waals surface area contributed by atoms with Gasteiger partial charge in [-0.1, -0.05) is 12.1 Å². The summed E-state index contributed by atoms with van der Waals surface area (Å²) in [4.78, 5) is 11.5. The molecule has 0 aliphatic heterocycles. The monoisotopic (exact) mass is 365 g/mol. The van der Waals surface area contributed by atoms with E-state index in [2.05, 4.69) is 20.3 Å². The van der Waals surface area contributed by atoms with Crippen LogP contribution < -0.4 is 5.32 Å². The zero-order valence-electron chi connectivity index (χ0n) is 14.7. The van der Waals surface area contributed by atoms with E-state index in [0.29, 0.717) is 41.2 Å². The van der Waals surface area contributed by atoms with Crippen LogP contribution in [0.4, 0.5) is 10.3 Å². The van der Waals surface area contributed by atoms with Gasteiger partial charge in [0.2, 0.25) is 5.95 Å². The topological polar surface area (TPSA) is 97.7 Å². The molecule has 4 N–H and O–H groups in total. The minimum atomic E-state index is -0.275. The fraction of sp³-hybridized carbons (Fsp3) is 0.250. The van der Waals surface area contributed by atoms with Crippen molar-refractivity contribution in [1.29, 1.82) is 5.41 Å². The largest absolute Gasteiger partial charge is 0.494 e. The van der Waals surface area contributed by atoms with Crippen LogP contribution in [0.15, 0.2) is 54.1 Å². The number of hydrogen-bond acceptors (Lipinski definition) is 5. The lowest BCUT2D eigenvalue weighted by Crippen LogP contribution is -2.13. The second-order valence-corrected chi connectivity index (χ2v) is 6.72. The van der Waals surface area contributed by atoms with Gasteiger partial charge in [-0.05, 0) is 55.5 Å². The van der Waals surface area contributed by atoms with Crippen LogP contribution in [-0.4, -0.2) is 25.8 Å². The fourth-order valence-corrected chi connectivity index (χ4v) is 3.01. The standard InChI is InChI=1S/C20H20FN5O/c21-14-8-3-12(4-9-14)5-10-15(17(22)13-6-7-13)19(27)26-20-24-16-2-1-11-23-18(16)25-20/h1-4,8-9,11,13,22,27H,5-7,10H2,(H2,23,24,25,26)/b19-15+,22-17?. The number of halogens is 1. The Morgan fingerprint density at radius 2 is 2.04 bits per heavy atom. The molecule has 1 aromatic carbocycles. The third kappa shape index (κ3) is 3.97. The van der Waals surface area contributed by atoms with E-state index in [0.717, 1.165) is 18.4 Å². The Labute approximate surface area is 155 Å². The normalized spacial score (nSPS) is 14.9. The van der Waals surface area contributed by atoms with Crippen molar-refractivity contribution in [1.82, 2.24) is 15.0 Å². The van der Waals surface area contributed by atoms with Crippen LogP contribution in [0, 0.1) is 17.1 Å². The highest BCUT2D eigenvalue weighted by atomic mass is 19.1. The number of aromatic nitrogens is 3. The first-order valence-corrected chi connectivity index (χ1v) is 8.93. The maximum atomic E-state index is 13.1. The molecule has 0 amide bonds. The number of aliphatic hydroxyl groups is 1. The SMILES string of the molecule is N=C(/C(CCc1ccc(F)cc1)=C(/O)Nc1nc2cccnc2[nH]1)C1CC1. The van der Waals surface area contributed by atoms with Gasteiger partial charge >= 0.3 is 0 Å². The summed E-state index contributed by atoms with van der Waals surface area (Å²) in [7, 11) is 0. The highest BCUT2D eigenvalue weighted by molar-refractivity contribution is 6.01. The number of aliphatic hydroxyl groups excluding tert-OH is 1. The number of pyridine rings is 1. The highest BCUT2D eigenvalue weighted by Gasteiger charge is 2.30. The average Bonchev–Trinajstić information content (AvgIpc) is 3.43. The zero-order chi connectivity index (χ0) is 18.8. The lowest BCUT2D eigenvalue weighted by Gasteiger charge is -2.12. The second kappa shape index (κ2) is 7.19. The van der Waals surface area contributed by atoms with Gasteiger partial charge in [-0.3, -0.25) is 5.32 Å². The van der Waals surface area contributed by atoms with Crippen molar-refractivity contribution in [2.24, 2.45) is 5.92 Å². The zero-order valence-corrected chi connectivity index (χ0v) is 14.7. The van der Waals surface area contributed by atoms with E-state index in [9.17, 15) is 9.50 Å². The number of rotatable bonds is 7. The number of hydrogen-bond donors (Lipinski definition) is 4. The Morgan fingerprint density at radius 3 is 2.74 bits per heavy atom. The molecule has 1 aliphatic rings. The minimum absolute atomic E-state index is 0.0759. The summed E-state index contributed by atoms with van der Waals surface area (Å²) >= 11 is 0. The van der Waals surface area contributed by atoms with Gasteiger partial charge in [-0.2, -0.15) is 0 Å². The molecule has 6 nitrogen and oxygen atoms in total. The first-order chi connectivity index (χ1) is 13.1. The predicted molar refractivity (Wildman–Crippen MR) is 102 cm³/mol. The third-order valence-corrected chi connectivity index (χ3v) is 4.67. The van der Waals surface area contributed by atoms with Crippen molar-refractivity contribution in [2.45, 2.75) is 25.7 Å². The Balaban J connectivity index is 1.55. The lowest BCUT2D eigenvalue weighted by atomic mass is 9.98. The molecule has 3 aromatic rings. The molecule has 0 atom stereocenters. The quantitative estimate of drug-likeness (QED) is 0.370. The van der Waals surface area contributed by atoms with Crippen molar-refractivity contribution in [3.8, 4) is 0 Å². The molecule has 0 radical (unpaired) electrons. The van der Waals surface area contributed by atoms with E-state index in [-0.39, 0.29) is 17.6 Å². The van der Waals surface area contributed by atoms with Crippen molar-refractivity contribution >= 4 is 22.8 Å². The molecule has 0 spiro atoms. The van der Waals surface area contributed by atoms with Gasteiger partial charge in [0.1, 0.15) is 11.3 Å². The van der Waals surface area contributed by atoms with Crippen molar-refractivity contribution in [3.63, 3.8) is 0 Å². The van der Waals surface area contributed by atoms with E-state index < -0.39 is 0 Å². The van der Waals surface area contributed by atoms with E-state index in [1.54, 1.807) is 24.4 Å². The molecule has 2 aromatic heterocycles. The molecule has 2 heterocycles. The Bertz CT molecular complexity index is 972. The number of anilines is 1. The summed E-state index contributed by atoms with van der Waals surface area (Å²) in [6.07, 6.45) is 4.70. The van der Waals surface area contributed by atoms with Gasteiger partial charge in [0.15, 0.2) is 11.5 Å². The number of aromatic amines is 1. The van der Waals surface area contributed by atoms with Crippen LogP contribution in [0.1, 0.15) is 24.8 Å². The Kier molecular flexibility index (Phi) is 4.58. The number of H-pyrrole nitrogens is 1. The van der Waals surface area contributed by atoms with E-state index in [1.807, 2.05) is 6.07 Å². The van der Waals surface area contributed by atoms with Crippen LogP contribution in [0.25, 0.3) is 11.2 Å². The van der Waals surface area contributed by atoms with Crippen molar-refractivity contribution < 1.29 is 9.50 Å². The van der Waals surface area contributed by atoms with Crippen LogP contribution in [0.5, 0.6) is 0 Å². The van der Waals surface area contributed by atoms with Gasteiger partial charge in [-0.25, -0.2) is 14.4 Å². The highest BCUT2D eigenvalue weighted by Crippen LogP contribution is 2.34. The smallest absolute Gasteiger partial charge is 0.209 e. The van der Waals surface area contributed by atoms with Crippen LogP contribution >= 0.6 is 0 Å². The molecule has 27 heavy (non-hydrogen) atoms. The average molecular weight is 365 g/mol. The maximum absolute atomic E-state index is 13.1. The molecule has 4 rings (SSSR count). The van der Waals surface area contributed by atoms with Gasteiger partial charge in [0.25, 0.3) is 0 Å². The number of nitrogens with zero attached hydrogens (tertiary/aromatic N) is 2. The summed E-state index contributed by atoms with van der Waals surface area (Å²) in [5, 5.41) is 21.9. The van der Waals surface area contributed by atoms with Crippen molar-refractivity contribution in [3.05, 3.63) is 65.4 Å². The number of fused-ring (bicyclic) bond motifs is 1. The van der Waals surface area contributed by atoms with E-state index in [1.165, 1.54) is 12.1 Å². The Hall–Kier alpha value is -3.22. The van der Waals surface area contributed by atoms with Crippen LogP contribution in [-0.2, 0) is 6.42 Å². The third-order valence-electron chi connectivity index (χ3n) is 4.67. The summed E-state index contributed by atoms with van der Waals surface area (Å²) in [6.45, 7) is 0. The molecule has 1 aliphatic carbocycles. The van der Waals surface area contributed by atoms with E-state index >= 15 is 0 Å². The van der Waals surface area contributed by atoms with Gasteiger partial charge in [0.05, 0.1) is 0 Å². The lowest BCUT2D eigenvalue weighted by molar-refractivity contribution is 0.411. The Morgan fingerprint density at radius 1 is 1.26 bits per heavy atom. The maximum Gasteiger partial charge on any atom is 0.209 e. The molecule has 1 fully saturated rings. The summed E-state index contributed by atoms with van der Waals surface area (Å²) < 4.78 is 13.1. The van der Waals surface area contributed by atoms with Crippen LogP contribution in [0.3, 0.4) is 0 Å². The summed E-state index contributed by atoms with van der Waals surface area (Å²) in [5.41, 5.74) is 3.29. The van der Waals surface area contributed by atoms with Gasteiger partial charge in [-0.15, -0.1) is 0 Å². The molecule has 0 unspecified atom stereocenters. The van der Waals surface area contributed by atoms with E-state index in [4.69, 9.17) is 5.41 Å². The molecule has 7 heteroatoms. The molecular formula is C20H20FN5O. The van der Waals surface area contributed by atoms with Crippen LogP contribution in [0.2, 0.25) is 0 Å².